The lowest BCUT2D eigenvalue weighted by atomic mass is 9.98. The van der Waals surface area contributed by atoms with Gasteiger partial charge in [0.2, 0.25) is 0 Å². The van der Waals surface area contributed by atoms with Crippen molar-refractivity contribution in [1.29, 1.82) is 0 Å². The summed E-state index contributed by atoms with van der Waals surface area (Å²) in [7, 11) is 0. The van der Waals surface area contributed by atoms with Crippen molar-refractivity contribution in [3.8, 4) is 0 Å². The number of esters is 2. The number of hydrogen-bond acceptors (Lipinski definition) is 13. The van der Waals surface area contributed by atoms with Crippen LogP contribution >= 0.6 is 0 Å². The number of aliphatic hydroxyl groups excluding tert-OH is 8. The Balaban J connectivity index is 2.03. The van der Waals surface area contributed by atoms with Gasteiger partial charge in [0, 0.05) is 0 Å². The van der Waals surface area contributed by atoms with Gasteiger partial charge in [0.05, 0.1) is 0 Å². The lowest BCUT2D eigenvalue weighted by molar-refractivity contribution is -0.287. The number of rotatable bonds is 2. The molecule has 0 aromatic rings. The average molecular weight is 370 g/mol. The van der Waals surface area contributed by atoms with Crippen LogP contribution < -0.4 is 0 Å². The summed E-state index contributed by atoms with van der Waals surface area (Å²) in [6.45, 7) is 0. The Kier molecular flexibility index (Phi) is 6.05. The van der Waals surface area contributed by atoms with Gasteiger partial charge >= 0.3 is 11.9 Å². The first-order chi connectivity index (χ1) is 11.6. The summed E-state index contributed by atoms with van der Waals surface area (Å²) >= 11 is 0. The molecular formula is C12H18O13. The number of ether oxygens (including phenoxy) is 3. The van der Waals surface area contributed by atoms with Gasteiger partial charge in [-0.05, 0) is 0 Å². The largest absolute Gasteiger partial charge is 0.389 e. The fourth-order valence-corrected chi connectivity index (χ4v) is 2.33. The number of hydrogen-bond donors (Lipinski definition) is 8. The molecular weight excluding hydrogens is 352 g/mol. The molecule has 2 aliphatic rings. The van der Waals surface area contributed by atoms with E-state index >= 15 is 0 Å². The molecule has 2 unspecified atom stereocenters. The summed E-state index contributed by atoms with van der Waals surface area (Å²) < 4.78 is 13.4. The molecule has 0 saturated carbocycles. The van der Waals surface area contributed by atoms with Crippen LogP contribution in [0.3, 0.4) is 0 Å². The van der Waals surface area contributed by atoms with E-state index in [1.807, 2.05) is 0 Å². The normalized spacial score (nSPS) is 48.0. The Morgan fingerprint density at radius 1 is 0.560 bits per heavy atom. The van der Waals surface area contributed by atoms with E-state index in [-0.39, 0.29) is 0 Å². The van der Waals surface area contributed by atoms with E-state index in [4.69, 9.17) is 0 Å². The van der Waals surface area contributed by atoms with Crippen molar-refractivity contribution in [2.75, 3.05) is 0 Å². The highest BCUT2D eigenvalue weighted by Gasteiger charge is 2.50. The predicted molar refractivity (Wildman–Crippen MR) is 68.9 cm³/mol. The molecule has 25 heavy (non-hydrogen) atoms. The molecule has 2 fully saturated rings. The van der Waals surface area contributed by atoms with Gasteiger partial charge in [0.15, 0.2) is 24.8 Å². The van der Waals surface area contributed by atoms with Gasteiger partial charge in [-0.1, -0.05) is 0 Å². The molecule has 2 saturated heterocycles. The van der Waals surface area contributed by atoms with Crippen molar-refractivity contribution in [2.45, 2.75) is 61.4 Å². The highest BCUT2D eigenvalue weighted by Crippen LogP contribution is 2.23. The molecule has 0 amide bonds. The zero-order chi connectivity index (χ0) is 19.0. The zero-order valence-electron chi connectivity index (χ0n) is 12.4. The molecule has 8 N–H and O–H groups in total. The molecule has 144 valence electrons. The first-order valence-corrected chi connectivity index (χ1v) is 7.07. The second-order valence-corrected chi connectivity index (χ2v) is 5.58. The maximum atomic E-state index is 11.8. The van der Waals surface area contributed by atoms with Gasteiger partial charge < -0.3 is 55.1 Å². The Morgan fingerprint density at radius 2 is 0.880 bits per heavy atom. The van der Waals surface area contributed by atoms with Crippen molar-refractivity contribution in [2.24, 2.45) is 0 Å². The molecule has 13 heteroatoms. The number of carbonyl (C=O) groups excluding carboxylic acids is 2. The van der Waals surface area contributed by atoms with E-state index in [0.29, 0.717) is 0 Å². The Labute approximate surface area is 139 Å². The summed E-state index contributed by atoms with van der Waals surface area (Å²) in [5.74, 6) is -3.21. The Bertz CT molecular complexity index is 467. The SMILES string of the molecule is O=C(OC(=O)[C@H]1OC(O)[C@H](O)[C@@H](O)[C@@H]1O)[C@H]1OC(O)[C@H](O)[C@@H](O)[C@@H]1O. The van der Waals surface area contributed by atoms with E-state index < -0.39 is 73.4 Å². The second kappa shape index (κ2) is 7.55. The fourth-order valence-electron chi connectivity index (χ4n) is 2.33. The molecule has 10 atom stereocenters. The molecule has 2 heterocycles. The van der Waals surface area contributed by atoms with Crippen molar-refractivity contribution < 1.29 is 64.7 Å². The first-order valence-electron chi connectivity index (χ1n) is 7.07. The minimum absolute atomic E-state index is 1.60. The van der Waals surface area contributed by atoms with Gasteiger partial charge in [-0.25, -0.2) is 9.59 Å². The van der Waals surface area contributed by atoms with Crippen LogP contribution in [0.25, 0.3) is 0 Å². The standard InChI is InChI=1S/C12H18O13/c13-1-3(15)7(23-9(19)5(1)17)11(21)25-12(22)8-4(16)2(14)6(18)10(20)24-8/h1-10,13-20H/t1-,2-,3-,4-,5+,6+,7-,8-,9?,10?/m0/s1. The summed E-state index contributed by atoms with van der Waals surface area (Å²) in [6, 6.07) is 0. The van der Waals surface area contributed by atoms with Crippen LogP contribution in [0.4, 0.5) is 0 Å². The molecule has 0 radical (unpaired) electrons. The lowest BCUT2D eigenvalue weighted by Gasteiger charge is -2.38. The fraction of sp³-hybridized carbons (Fsp3) is 0.833. The third-order valence-electron chi connectivity index (χ3n) is 3.84. The zero-order valence-corrected chi connectivity index (χ0v) is 12.4. The van der Waals surface area contributed by atoms with Gasteiger partial charge in [-0.15, -0.1) is 0 Å². The molecule has 0 bridgehead atoms. The van der Waals surface area contributed by atoms with Gasteiger partial charge in [0.1, 0.15) is 36.6 Å². The third kappa shape index (κ3) is 3.80. The van der Waals surface area contributed by atoms with Crippen molar-refractivity contribution in [3.63, 3.8) is 0 Å². The summed E-state index contributed by atoms with van der Waals surface area (Å²) in [5.41, 5.74) is 0. The van der Waals surface area contributed by atoms with Crippen LogP contribution in [0.15, 0.2) is 0 Å². The Morgan fingerprint density at radius 3 is 1.20 bits per heavy atom. The van der Waals surface area contributed by atoms with E-state index in [0.717, 1.165) is 0 Å². The van der Waals surface area contributed by atoms with Crippen LogP contribution in [-0.4, -0.2) is 114 Å². The summed E-state index contributed by atoms with van der Waals surface area (Å²) in [4.78, 5) is 23.7. The predicted octanol–water partition coefficient (Wildman–Crippen LogP) is -6.34. The van der Waals surface area contributed by atoms with Gasteiger partial charge in [-0.3, -0.25) is 0 Å². The molecule has 13 nitrogen and oxygen atoms in total. The molecule has 0 aromatic heterocycles. The molecule has 2 rings (SSSR count). The summed E-state index contributed by atoms with van der Waals surface area (Å²) in [5, 5.41) is 75.4. The number of aliphatic hydroxyl groups is 8. The van der Waals surface area contributed by atoms with E-state index in [1.54, 1.807) is 0 Å². The smallest absolute Gasteiger partial charge is 0.345 e. The second-order valence-electron chi connectivity index (χ2n) is 5.58. The van der Waals surface area contributed by atoms with E-state index in [2.05, 4.69) is 14.2 Å². The van der Waals surface area contributed by atoms with Crippen LogP contribution in [-0.2, 0) is 23.8 Å². The van der Waals surface area contributed by atoms with Gasteiger partial charge in [0.25, 0.3) is 0 Å². The minimum Gasteiger partial charge on any atom is -0.389 e. The van der Waals surface area contributed by atoms with Crippen molar-refractivity contribution in [3.05, 3.63) is 0 Å². The van der Waals surface area contributed by atoms with Crippen LogP contribution in [0.1, 0.15) is 0 Å². The monoisotopic (exact) mass is 370 g/mol. The maximum Gasteiger partial charge on any atom is 0.345 e. The van der Waals surface area contributed by atoms with E-state index in [1.165, 1.54) is 0 Å². The molecule has 2 aliphatic heterocycles. The van der Waals surface area contributed by atoms with Crippen molar-refractivity contribution in [1.82, 2.24) is 0 Å². The molecule has 0 aliphatic carbocycles. The van der Waals surface area contributed by atoms with Crippen LogP contribution in [0.5, 0.6) is 0 Å². The summed E-state index contributed by atoms with van der Waals surface area (Å²) in [6.07, 6.45) is -20.1. The van der Waals surface area contributed by atoms with Gasteiger partial charge in [-0.2, -0.15) is 0 Å². The molecule has 0 aromatic carbocycles. The van der Waals surface area contributed by atoms with E-state index in [9.17, 15) is 50.4 Å². The van der Waals surface area contributed by atoms with Crippen LogP contribution in [0, 0.1) is 0 Å². The number of carbonyl (C=O) groups is 2. The highest BCUT2D eigenvalue weighted by molar-refractivity contribution is 5.90. The quantitative estimate of drug-likeness (QED) is 0.167. The maximum absolute atomic E-state index is 11.8. The third-order valence-corrected chi connectivity index (χ3v) is 3.84. The molecule has 0 spiro atoms. The Hall–Kier alpha value is -1.26. The van der Waals surface area contributed by atoms with Crippen molar-refractivity contribution >= 4 is 11.9 Å². The average Bonchev–Trinajstić information content (AvgIpc) is 2.57. The highest BCUT2D eigenvalue weighted by atomic mass is 16.7. The topological polar surface area (TPSA) is 224 Å². The lowest BCUT2D eigenvalue weighted by Crippen LogP contribution is -2.62. The first kappa shape index (κ1) is 20.1. The van der Waals surface area contributed by atoms with Crippen LogP contribution in [0.2, 0.25) is 0 Å². The minimum atomic E-state index is -2.06.